The van der Waals surface area contributed by atoms with Crippen LogP contribution in [0.3, 0.4) is 0 Å². The zero-order chi connectivity index (χ0) is 19.8. The summed E-state index contributed by atoms with van der Waals surface area (Å²) in [6, 6.07) is 17.2. The number of anilines is 2. The van der Waals surface area contributed by atoms with E-state index in [0.717, 1.165) is 28.3 Å². The number of benzene rings is 2. The Bertz CT molecular complexity index is 1420. The van der Waals surface area contributed by atoms with E-state index in [1.54, 1.807) is 24.4 Å². The van der Waals surface area contributed by atoms with Crippen LogP contribution in [0.1, 0.15) is 15.9 Å². The summed E-state index contributed by atoms with van der Waals surface area (Å²) in [4.78, 5) is 18.4. The SMILES string of the molecule is N#Cc1cncc(-c2cc3cc(C=O)ccc3o2)c1Nc1ccc2[nH]ccc2c1. The number of pyridine rings is 1. The van der Waals surface area contributed by atoms with Gasteiger partial charge in [-0.05, 0) is 48.5 Å². The Hall–Kier alpha value is -4.37. The Morgan fingerprint density at radius 1 is 1.07 bits per heavy atom. The number of carbonyl (C=O) groups excluding carboxylic acids is 1. The first-order valence-corrected chi connectivity index (χ1v) is 8.96. The van der Waals surface area contributed by atoms with Gasteiger partial charge in [-0.1, -0.05) is 0 Å². The number of nitriles is 1. The lowest BCUT2D eigenvalue weighted by Crippen LogP contribution is -1.97. The van der Waals surface area contributed by atoms with E-state index in [-0.39, 0.29) is 0 Å². The van der Waals surface area contributed by atoms with Crippen molar-refractivity contribution in [2.75, 3.05) is 5.32 Å². The fourth-order valence-electron chi connectivity index (χ4n) is 3.41. The third-order valence-corrected chi connectivity index (χ3v) is 4.83. The van der Waals surface area contributed by atoms with Gasteiger partial charge in [0.05, 0.1) is 16.8 Å². The minimum absolute atomic E-state index is 0.408. The van der Waals surface area contributed by atoms with E-state index in [9.17, 15) is 10.1 Å². The molecule has 0 fully saturated rings. The molecule has 5 rings (SSSR count). The lowest BCUT2D eigenvalue weighted by molar-refractivity contribution is 0.112. The number of hydrogen-bond donors (Lipinski definition) is 2. The Morgan fingerprint density at radius 3 is 2.86 bits per heavy atom. The zero-order valence-corrected chi connectivity index (χ0v) is 15.1. The van der Waals surface area contributed by atoms with Gasteiger partial charge >= 0.3 is 0 Å². The number of aldehydes is 1. The van der Waals surface area contributed by atoms with E-state index in [0.29, 0.717) is 33.7 Å². The van der Waals surface area contributed by atoms with E-state index in [1.807, 2.05) is 36.5 Å². The van der Waals surface area contributed by atoms with Gasteiger partial charge in [0.1, 0.15) is 23.7 Å². The first-order chi connectivity index (χ1) is 14.2. The van der Waals surface area contributed by atoms with Crippen molar-refractivity contribution in [1.29, 1.82) is 5.26 Å². The number of carbonyl (C=O) groups is 1. The molecule has 0 saturated carbocycles. The maximum Gasteiger partial charge on any atom is 0.150 e. The number of hydrogen-bond acceptors (Lipinski definition) is 5. The van der Waals surface area contributed by atoms with E-state index in [2.05, 4.69) is 21.4 Å². The van der Waals surface area contributed by atoms with Crippen LogP contribution in [0.4, 0.5) is 11.4 Å². The standard InChI is InChI=1S/C23H14N4O2/c24-10-17-11-25-12-19(22-9-16-7-14(13-28)1-4-21(16)29-22)23(17)27-18-2-3-20-15(8-18)5-6-26-20/h1-9,11-13,26H,(H,25,27). The van der Waals surface area contributed by atoms with Crippen LogP contribution >= 0.6 is 0 Å². The summed E-state index contributed by atoms with van der Waals surface area (Å²) in [6.45, 7) is 0. The van der Waals surface area contributed by atoms with Crippen LogP contribution in [-0.2, 0) is 0 Å². The minimum Gasteiger partial charge on any atom is -0.456 e. The molecule has 6 nitrogen and oxygen atoms in total. The van der Waals surface area contributed by atoms with Crippen LogP contribution in [0.2, 0.25) is 0 Å². The Labute approximate surface area is 165 Å². The molecule has 0 radical (unpaired) electrons. The molecule has 0 unspecified atom stereocenters. The average molecular weight is 378 g/mol. The molecule has 0 aliphatic heterocycles. The van der Waals surface area contributed by atoms with Crippen molar-refractivity contribution in [2.24, 2.45) is 0 Å². The summed E-state index contributed by atoms with van der Waals surface area (Å²) >= 11 is 0. The fraction of sp³-hybridized carbons (Fsp3) is 0. The third kappa shape index (κ3) is 2.91. The molecule has 5 aromatic rings. The normalized spacial score (nSPS) is 10.9. The highest BCUT2D eigenvalue weighted by molar-refractivity contribution is 5.92. The predicted octanol–water partition coefficient (Wildman–Crippen LogP) is 5.40. The molecule has 0 spiro atoms. The molecule has 138 valence electrons. The molecule has 0 bridgehead atoms. The first kappa shape index (κ1) is 16.8. The molecule has 0 atom stereocenters. The summed E-state index contributed by atoms with van der Waals surface area (Å²) in [6.07, 6.45) is 5.87. The lowest BCUT2D eigenvalue weighted by Gasteiger charge is -2.12. The number of nitrogens with one attached hydrogen (secondary N) is 2. The van der Waals surface area contributed by atoms with Crippen LogP contribution in [0.25, 0.3) is 33.2 Å². The van der Waals surface area contributed by atoms with E-state index in [1.165, 1.54) is 6.20 Å². The molecule has 0 amide bonds. The number of aromatic nitrogens is 2. The second-order valence-electron chi connectivity index (χ2n) is 6.65. The van der Waals surface area contributed by atoms with Crippen molar-refractivity contribution < 1.29 is 9.21 Å². The summed E-state index contributed by atoms with van der Waals surface area (Å²) in [5, 5.41) is 14.8. The zero-order valence-electron chi connectivity index (χ0n) is 15.1. The Kier molecular flexibility index (Phi) is 3.85. The Morgan fingerprint density at radius 2 is 2.00 bits per heavy atom. The van der Waals surface area contributed by atoms with Gasteiger partial charge in [0.2, 0.25) is 0 Å². The van der Waals surface area contributed by atoms with Crippen molar-refractivity contribution in [1.82, 2.24) is 9.97 Å². The van der Waals surface area contributed by atoms with E-state index in [4.69, 9.17) is 4.42 Å². The molecule has 0 aliphatic carbocycles. The van der Waals surface area contributed by atoms with Gasteiger partial charge in [0.25, 0.3) is 0 Å². The van der Waals surface area contributed by atoms with Crippen molar-refractivity contribution in [3.8, 4) is 17.4 Å². The van der Waals surface area contributed by atoms with Gasteiger partial charge in [-0.2, -0.15) is 5.26 Å². The quantitative estimate of drug-likeness (QED) is 0.408. The van der Waals surface area contributed by atoms with Gasteiger partial charge in [0.15, 0.2) is 0 Å². The van der Waals surface area contributed by atoms with Gasteiger partial charge < -0.3 is 14.7 Å². The van der Waals surface area contributed by atoms with E-state index < -0.39 is 0 Å². The molecule has 3 aromatic heterocycles. The smallest absolute Gasteiger partial charge is 0.150 e. The highest BCUT2D eigenvalue weighted by atomic mass is 16.3. The highest BCUT2D eigenvalue weighted by Gasteiger charge is 2.16. The predicted molar refractivity (Wildman–Crippen MR) is 111 cm³/mol. The minimum atomic E-state index is 0.408. The topological polar surface area (TPSA) is 94.7 Å². The van der Waals surface area contributed by atoms with Gasteiger partial charge in [-0.15, -0.1) is 0 Å². The number of furan rings is 1. The monoisotopic (exact) mass is 378 g/mol. The first-order valence-electron chi connectivity index (χ1n) is 8.96. The molecule has 0 aliphatic rings. The highest BCUT2D eigenvalue weighted by Crippen LogP contribution is 2.36. The summed E-state index contributed by atoms with van der Waals surface area (Å²) in [5.74, 6) is 0.567. The van der Waals surface area contributed by atoms with Crippen molar-refractivity contribution in [3.63, 3.8) is 0 Å². The summed E-state index contributed by atoms with van der Waals surface area (Å²) < 4.78 is 5.98. The molecule has 2 aromatic carbocycles. The number of fused-ring (bicyclic) bond motifs is 2. The summed E-state index contributed by atoms with van der Waals surface area (Å²) in [5.41, 5.74) is 4.81. The Balaban J connectivity index is 1.63. The molecular formula is C23H14N4O2. The largest absolute Gasteiger partial charge is 0.456 e. The van der Waals surface area contributed by atoms with Crippen LogP contribution in [0.15, 0.2) is 71.5 Å². The maximum absolute atomic E-state index is 11.1. The summed E-state index contributed by atoms with van der Waals surface area (Å²) in [7, 11) is 0. The fourth-order valence-corrected chi connectivity index (χ4v) is 3.41. The molecule has 6 heteroatoms. The molecule has 2 N–H and O–H groups in total. The van der Waals surface area contributed by atoms with Crippen molar-refractivity contribution in [2.45, 2.75) is 0 Å². The van der Waals surface area contributed by atoms with Crippen LogP contribution in [0, 0.1) is 11.3 Å². The number of H-pyrrole nitrogens is 1. The van der Waals surface area contributed by atoms with Gasteiger partial charge in [-0.3, -0.25) is 9.78 Å². The van der Waals surface area contributed by atoms with Crippen LogP contribution < -0.4 is 5.32 Å². The lowest BCUT2D eigenvalue weighted by atomic mass is 10.1. The number of aromatic amines is 1. The molecule has 3 heterocycles. The molecular weight excluding hydrogens is 364 g/mol. The van der Waals surface area contributed by atoms with Crippen LogP contribution in [-0.4, -0.2) is 16.3 Å². The third-order valence-electron chi connectivity index (χ3n) is 4.83. The van der Waals surface area contributed by atoms with Crippen LogP contribution in [0.5, 0.6) is 0 Å². The number of rotatable bonds is 4. The second-order valence-corrected chi connectivity index (χ2v) is 6.65. The van der Waals surface area contributed by atoms with E-state index >= 15 is 0 Å². The van der Waals surface area contributed by atoms with Gasteiger partial charge in [-0.25, -0.2) is 0 Å². The molecule has 0 saturated heterocycles. The van der Waals surface area contributed by atoms with Gasteiger partial charge in [0, 0.05) is 46.1 Å². The maximum atomic E-state index is 11.1. The number of nitrogens with zero attached hydrogens (tertiary/aromatic N) is 2. The average Bonchev–Trinajstić information content (AvgIpc) is 3.39. The molecule has 29 heavy (non-hydrogen) atoms. The van der Waals surface area contributed by atoms with Crippen molar-refractivity contribution in [3.05, 3.63) is 78.2 Å². The van der Waals surface area contributed by atoms with Crippen molar-refractivity contribution >= 4 is 39.5 Å². The second kappa shape index (κ2) is 6.66.